The zero-order valence-electron chi connectivity index (χ0n) is 11.1. The fourth-order valence-corrected chi connectivity index (χ4v) is 4.21. The van der Waals surface area contributed by atoms with Crippen LogP contribution in [0, 0.1) is 11.6 Å². The van der Waals surface area contributed by atoms with Crippen LogP contribution in [0.15, 0.2) is 21.5 Å². The van der Waals surface area contributed by atoms with Crippen molar-refractivity contribution < 1.29 is 21.9 Å². The molecule has 0 saturated carbocycles. The molecule has 0 saturated heterocycles. The highest BCUT2D eigenvalue weighted by atomic mass is 79.9. The van der Waals surface area contributed by atoms with Gasteiger partial charge in [-0.2, -0.15) is 0 Å². The van der Waals surface area contributed by atoms with E-state index in [0.717, 1.165) is 12.5 Å². The van der Waals surface area contributed by atoms with Crippen molar-refractivity contribution in [2.45, 2.75) is 30.7 Å². The Balaban J connectivity index is 3.10. The molecule has 1 N–H and O–H groups in total. The molecule has 0 amide bonds. The SMILES string of the molecule is CCCC(COC)NS(=O)(=O)c1c(F)cc(F)cc1Br. The molecule has 114 valence electrons. The molecule has 0 radical (unpaired) electrons. The molecule has 20 heavy (non-hydrogen) atoms. The first-order chi connectivity index (χ1) is 9.31. The van der Waals surface area contributed by atoms with E-state index in [1.165, 1.54) is 7.11 Å². The van der Waals surface area contributed by atoms with Gasteiger partial charge in [-0.05, 0) is 28.4 Å². The van der Waals surface area contributed by atoms with Crippen LogP contribution in [0.3, 0.4) is 0 Å². The minimum Gasteiger partial charge on any atom is -0.383 e. The lowest BCUT2D eigenvalue weighted by molar-refractivity contribution is 0.171. The lowest BCUT2D eigenvalue weighted by Crippen LogP contribution is -2.38. The molecular formula is C12H16BrF2NO3S. The van der Waals surface area contributed by atoms with E-state index >= 15 is 0 Å². The van der Waals surface area contributed by atoms with Crippen LogP contribution in [0.25, 0.3) is 0 Å². The highest BCUT2D eigenvalue weighted by Gasteiger charge is 2.26. The molecule has 0 bridgehead atoms. The molecule has 8 heteroatoms. The van der Waals surface area contributed by atoms with Crippen molar-refractivity contribution in [1.82, 2.24) is 4.72 Å². The maximum absolute atomic E-state index is 13.7. The summed E-state index contributed by atoms with van der Waals surface area (Å²) in [6, 6.07) is 0.971. The van der Waals surface area contributed by atoms with Crippen LogP contribution < -0.4 is 4.72 Å². The molecule has 1 rings (SSSR count). The van der Waals surface area contributed by atoms with E-state index in [0.29, 0.717) is 12.5 Å². The van der Waals surface area contributed by atoms with Gasteiger partial charge in [-0.25, -0.2) is 21.9 Å². The molecule has 0 fully saturated rings. The predicted molar refractivity (Wildman–Crippen MR) is 75.0 cm³/mol. The predicted octanol–water partition coefficient (Wildman–Crippen LogP) is 2.82. The fraction of sp³-hybridized carbons (Fsp3) is 0.500. The van der Waals surface area contributed by atoms with Crippen LogP contribution >= 0.6 is 15.9 Å². The Hall–Kier alpha value is -0.570. The summed E-state index contributed by atoms with van der Waals surface area (Å²) in [7, 11) is -2.65. The minimum absolute atomic E-state index is 0.157. The second kappa shape index (κ2) is 7.44. The van der Waals surface area contributed by atoms with Gasteiger partial charge in [0.1, 0.15) is 16.5 Å². The zero-order valence-corrected chi connectivity index (χ0v) is 13.5. The smallest absolute Gasteiger partial charge is 0.244 e. The summed E-state index contributed by atoms with van der Waals surface area (Å²) in [4.78, 5) is -0.601. The van der Waals surface area contributed by atoms with Gasteiger partial charge >= 0.3 is 0 Å². The van der Waals surface area contributed by atoms with Crippen molar-refractivity contribution in [3.8, 4) is 0 Å². The van der Waals surface area contributed by atoms with Crippen molar-refractivity contribution in [2.24, 2.45) is 0 Å². The summed E-state index contributed by atoms with van der Waals surface area (Å²) >= 11 is 2.87. The number of ether oxygens (including phenoxy) is 1. The zero-order chi connectivity index (χ0) is 15.3. The molecule has 0 aliphatic heterocycles. The topological polar surface area (TPSA) is 55.4 Å². The van der Waals surface area contributed by atoms with Gasteiger partial charge in [0.05, 0.1) is 6.61 Å². The Morgan fingerprint density at radius 3 is 2.55 bits per heavy atom. The number of benzene rings is 1. The monoisotopic (exact) mass is 371 g/mol. The summed E-state index contributed by atoms with van der Waals surface area (Å²) in [5, 5.41) is 0. The molecule has 0 aliphatic rings. The first kappa shape index (κ1) is 17.5. The summed E-state index contributed by atoms with van der Waals surface area (Å²) in [5.74, 6) is -1.99. The van der Waals surface area contributed by atoms with E-state index in [-0.39, 0.29) is 11.1 Å². The normalized spacial score (nSPS) is 13.4. The number of rotatable bonds is 7. The summed E-state index contributed by atoms with van der Waals surface area (Å²) in [6.45, 7) is 2.07. The first-order valence-corrected chi connectivity index (χ1v) is 8.25. The Bertz CT molecular complexity index is 537. The summed E-state index contributed by atoms with van der Waals surface area (Å²) in [6.07, 6.45) is 1.29. The molecule has 1 aromatic carbocycles. The van der Waals surface area contributed by atoms with Gasteiger partial charge < -0.3 is 4.74 Å². The average molecular weight is 372 g/mol. The molecule has 0 heterocycles. The lowest BCUT2D eigenvalue weighted by Gasteiger charge is -2.18. The Labute approximate surface area is 125 Å². The number of sulfonamides is 1. The number of nitrogens with one attached hydrogen (secondary N) is 1. The van der Waals surface area contributed by atoms with Crippen LogP contribution in [0.2, 0.25) is 0 Å². The Morgan fingerprint density at radius 1 is 1.40 bits per heavy atom. The van der Waals surface area contributed by atoms with E-state index in [1.54, 1.807) is 0 Å². The van der Waals surface area contributed by atoms with Gasteiger partial charge in [0.25, 0.3) is 0 Å². The van der Waals surface area contributed by atoms with Crippen molar-refractivity contribution in [3.05, 3.63) is 28.2 Å². The van der Waals surface area contributed by atoms with Gasteiger partial charge in [-0.15, -0.1) is 0 Å². The molecule has 0 aliphatic carbocycles. The van der Waals surface area contributed by atoms with Crippen LogP contribution in [-0.4, -0.2) is 28.2 Å². The maximum atomic E-state index is 13.7. The summed E-state index contributed by atoms with van der Waals surface area (Å²) in [5.41, 5.74) is 0. The molecular weight excluding hydrogens is 356 g/mol. The number of hydrogen-bond acceptors (Lipinski definition) is 3. The third-order valence-corrected chi connectivity index (χ3v) is 5.04. The second-order valence-electron chi connectivity index (χ2n) is 4.26. The number of methoxy groups -OCH3 is 1. The second-order valence-corrected chi connectivity index (χ2v) is 6.77. The van der Waals surface area contributed by atoms with Gasteiger partial charge in [-0.1, -0.05) is 13.3 Å². The standard InChI is InChI=1S/C12H16BrF2NO3S/c1-3-4-9(7-19-2)16-20(17,18)12-10(13)5-8(14)6-11(12)15/h5-6,9,16H,3-4,7H2,1-2H3. The lowest BCUT2D eigenvalue weighted by atomic mass is 10.2. The number of halogens is 3. The average Bonchev–Trinajstić information content (AvgIpc) is 2.26. The highest BCUT2D eigenvalue weighted by molar-refractivity contribution is 9.10. The van der Waals surface area contributed by atoms with Crippen LogP contribution in [-0.2, 0) is 14.8 Å². The van der Waals surface area contributed by atoms with Gasteiger partial charge in [0, 0.05) is 23.7 Å². The molecule has 1 aromatic rings. The van der Waals surface area contributed by atoms with Gasteiger partial charge in [-0.3, -0.25) is 0 Å². The highest BCUT2D eigenvalue weighted by Crippen LogP contribution is 2.26. The van der Waals surface area contributed by atoms with E-state index in [4.69, 9.17) is 4.74 Å². The molecule has 1 atom stereocenters. The van der Waals surface area contributed by atoms with E-state index in [1.807, 2.05) is 6.92 Å². The maximum Gasteiger partial charge on any atom is 0.244 e. The largest absolute Gasteiger partial charge is 0.383 e. The van der Waals surface area contributed by atoms with E-state index in [2.05, 4.69) is 20.7 Å². The first-order valence-electron chi connectivity index (χ1n) is 5.97. The Kier molecular flexibility index (Phi) is 6.50. The van der Waals surface area contributed by atoms with E-state index < -0.39 is 32.6 Å². The third kappa shape index (κ3) is 4.47. The van der Waals surface area contributed by atoms with Crippen LogP contribution in [0.4, 0.5) is 8.78 Å². The van der Waals surface area contributed by atoms with Crippen molar-refractivity contribution in [2.75, 3.05) is 13.7 Å². The summed E-state index contributed by atoms with van der Waals surface area (Å²) < 4.78 is 58.2. The van der Waals surface area contributed by atoms with E-state index in [9.17, 15) is 17.2 Å². The molecule has 0 spiro atoms. The minimum atomic E-state index is -4.10. The van der Waals surface area contributed by atoms with Crippen LogP contribution in [0.5, 0.6) is 0 Å². The fourth-order valence-electron chi connectivity index (χ4n) is 1.79. The van der Waals surface area contributed by atoms with Crippen molar-refractivity contribution >= 4 is 26.0 Å². The van der Waals surface area contributed by atoms with Gasteiger partial charge in [0.2, 0.25) is 10.0 Å². The Morgan fingerprint density at radius 2 is 2.05 bits per heavy atom. The molecule has 0 aromatic heterocycles. The van der Waals surface area contributed by atoms with Gasteiger partial charge in [0.15, 0.2) is 0 Å². The van der Waals surface area contributed by atoms with Crippen molar-refractivity contribution in [1.29, 1.82) is 0 Å². The van der Waals surface area contributed by atoms with Crippen LogP contribution in [0.1, 0.15) is 19.8 Å². The molecule has 1 unspecified atom stereocenters. The number of hydrogen-bond donors (Lipinski definition) is 1. The quantitative estimate of drug-likeness (QED) is 0.801. The third-order valence-electron chi connectivity index (χ3n) is 2.56. The molecule has 4 nitrogen and oxygen atoms in total. The van der Waals surface area contributed by atoms with Crippen molar-refractivity contribution in [3.63, 3.8) is 0 Å².